The molecule has 1 rings (SSSR count). The number of rotatable bonds is 8. The van der Waals surface area contributed by atoms with E-state index in [4.69, 9.17) is 19.9 Å². The van der Waals surface area contributed by atoms with Crippen molar-refractivity contribution in [3.8, 4) is 11.5 Å². The van der Waals surface area contributed by atoms with E-state index in [1.807, 2.05) is 25.1 Å². The van der Waals surface area contributed by atoms with Gasteiger partial charge < -0.3 is 19.9 Å². The van der Waals surface area contributed by atoms with Crippen LogP contribution in [0, 0.1) is 0 Å². The molecule has 0 saturated carbocycles. The van der Waals surface area contributed by atoms with Gasteiger partial charge in [0.2, 0.25) is 0 Å². The highest BCUT2D eigenvalue weighted by molar-refractivity contribution is 5.40. The molecule has 1 unspecified atom stereocenters. The van der Waals surface area contributed by atoms with Gasteiger partial charge in [-0.25, -0.2) is 0 Å². The molecule has 2 N–H and O–H groups in total. The van der Waals surface area contributed by atoms with Crippen molar-refractivity contribution in [1.29, 1.82) is 0 Å². The molecule has 0 heterocycles. The molecule has 1 atom stereocenters. The fraction of sp³-hybridized carbons (Fsp3) is 0.571. The number of ether oxygens (including phenoxy) is 3. The summed E-state index contributed by atoms with van der Waals surface area (Å²) in [5, 5.41) is 0. The van der Waals surface area contributed by atoms with Gasteiger partial charge in [-0.15, -0.1) is 0 Å². The van der Waals surface area contributed by atoms with E-state index in [9.17, 15) is 0 Å². The maximum absolute atomic E-state index is 5.99. The molecule has 0 fully saturated rings. The second-order valence-electron chi connectivity index (χ2n) is 4.10. The largest absolute Gasteiger partial charge is 0.497 e. The summed E-state index contributed by atoms with van der Waals surface area (Å²) >= 11 is 0. The van der Waals surface area contributed by atoms with Crippen LogP contribution in [0.15, 0.2) is 18.2 Å². The zero-order valence-electron chi connectivity index (χ0n) is 11.4. The van der Waals surface area contributed by atoms with Crippen LogP contribution in [0.5, 0.6) is 11.5 Å². The van der Waals surface area contributed by atoms with Crippen LogP contribution >= 0.6 is 0 Å². The van der Waals surface area contributed by atoms with E-state index in [1.54, 1.807) is 7.11 Å². The fourth-order valence-corrected chi connectivity index (χ4v) is 1.60. The Morgan fingerprint density at radius 1 is 1.28 bits per heavy atom. The van der Waals surface area contributed by atoms with E-state index in [-0.39, 0.29) is 12.8 Å². The van der Waals surface area contributed by atoms with E-state index in [0.717, 1.165) is 29.9 Å². The van der Waals surface area contributed by atoms with Crippen LogP contribution in [-0.2, 0) is 11.2 Å². The van der Waals surface area contributed by atoms with Gasteiger partial charge in [-0.1, -0.05) is 6.92 Å². The predicted molar refractivity (Wildman–Crippen MR) is 72.1 cm³/mol. The molecule has 0 spiro atoms. The second-order valence-corrected chi connectivity index (χ2v) is 4.10. The van der Waals surface area contributed by atoms with Crippen molar-refractivity contribution in [3.63, 3.8) is 0 Å². The zero-order valence-corrected chi connectivity index (χ0v) is 11.4. The van der Waals surface area contributed by atoms with Gasteiger partial charge in [0.15, 0.2) is 6.79 Å². The molecule has 0 aliphatic heterocycles. The van der Waals surface area contributed by atoms with Crippen LogP contribution in [0.2, 0.25) is 0 Å². The number of nitrogens with two attached hydrogens (primary N) is 1. The van der Waals surface area contributed by atoms with Crippen LogP contribution in [0.1, 0.15) is 25.8 Å². The van der Waals surface area contributed by atoms with Crippen molar-refractivity contribution in [2.45, 2.75) is 32.7 Å². The lowest BCUT2D eigenvalue weighted by Crippen LogP contribution is -2.22. The topological polar surface area (TPSA) is 53.7 Å². The number of benzene rings is 1. The molecular weight excluding hydrogens is 230 g/mol. The Labute approximate surface area is 109 Å². The lowest BCUT2D eigenvalue weighted by molar-refractivity contribution is 0.0217. The summed E-state index contributed by atoms with van der Waals surface area (Å²) in [6.45, 7) is 4.91. The molecular formula is C14H23NO3. The minimum Gasteiger partial charge on any atom is -0.497 e. The summed E-state index contributed by atoms with van der Waals surface area (Å²) in [6.07, 6.45) is 1.71. The van der Waals surface area contributed by atoms with E-state index < -0.39 is 0 Å². The molecule has 0 aliphatic rings. The molecule has 0 aromatic heterocycles. The van der Waals surface area contributed by atoms with Crippen LogP contribution in [-0.4, -0.2) is 26.6 Å². The molecule has 0 radical (unpaired) electrons. The van der Waals surface area contributed by atoms with Gasteiger partial charge in [0.1, 0.15) is 11.5 Å². The number of hydrogen-bond acceptors (Lipinski definition) is 4. The first-order valence-corrected chi connectivity index (χ1v) is 6.34. The minimum atomic E-state index is 0.131. The lowest BCUT2D eigenvalue weighted by atomic mass is 10.0. The van der Waals surface area contributed by atoms with Gasteiger partial charge in [-0.3, -0.25) is 0 Å². The first kappa shape index (κ1) is 14.8. The van der Waals surface area contributed by atoms with Crippen LogP contribution < -0.4 is 15.2 Å². The Morgan fingerprint density at radius 2 is 2.06 bits per heavy atom. The van der Waals surface area contributed by atoms with Gasteiger partial charge in [-0.05, 0) is 43.5 Å². The average molecular weight is 253 g/mol. The maximum atomic E-state index is 5.99. The summed E-state index contributed by atoms with van der Waals surface area (Å²) in [5.74, 6) is 1.63. The number of hydrogen-bond donors (Lipinski definition) is 1. The van der Waals surface area contributed by atoms with E-state index in [2.05, 4.69) is 6.92 Å². The monoisotopic (exact) mass is 253 g/mol. The standard InChI is InChI=1S/C14H23NO3/c1-4-12(15)8-11-9-13(16-3)6-7-14(11)18-10-17-5-2/h6-7,9,12H,4-5,8,10,15H2,1-3H3. The van der Waals surface area contributed by atoms with Crippen molar-refractivity contribution >= 4 is 0 Å². The van der Waals surface area contributed by atoms with Gasteiger partial charge in [0.25, 0.3) is 0 Å². The first-order valence-electron chi connectivity index (χ1n) is 6.34. The first-order chi connectivity index (χ1) is 8.71. The lowest BCUT2D eigenvalue weighted by Gasteiger charge is -2.15. The van der Waals surface area contributed by atoms with Crippen molar-refractivity contribution in [2.24, 2.45) is 5.73 Å². The molecule has 4 nitrogen and oxygen atoms in total. The fourth-order valence-electron chi connectivity index (χ4n) is 1.60. The molecule has 18 heavy (non-hydrogen) atoms. The van der Waals surface area contributed by atoms with Crippen LogP contribution in [0.25, 0.3) is 0 Å². The van der Waals surface area contributed by atoms with Crippen molar-refractivity contribution in [3.05, 3.63) is 23.8 Å². The van der Waals surface area contributed by atoms with E-state index >= 15 is 0 Å². The third kappa shape index (κ3) is 4.55. The highest BCUT2D eigenvalue weighted by atomic mass is 16.7. The quantitative estimate of drug-likeness (QED) is 0.571. The highest BCUT2D eigenvalue weighted by Crippen LogP contribution is 2.25. The summed E-state index contributed by atoms with van der Waals surface area (Å²) in [5.41, 5.74) is 7.05. The van der Waals surface area contributed by atoms with E-state index in [0.29, 0.717) is 6.61 Å². The summed E-state index contributed by atoms with van der Waals surface area (Å²) in [7, 11) is 1.65. The van der Waals surface area contributed by atoms with Crippen LogP contribution in [0.4, 0.5) is 0 Å². The summed E-state index contributed by atoms with van der Waals surface area (Å²) in [6, 6.07) is 5.88. The summed E-state index contributed by atoms with van der Waals surface area (Å²) < 4.78 is 16.0. The molecule has 1 aromatic rings. The molecule has 0 amide bonds. The molecule has 0 saturated heterocycles. The van der Waals surface area contributed by atoms with Crippen LogP contribution in [0.3, 0.4) is 0 Å². The SMILES string of the molecule is CCOCOc1ccc(OC)cc1CC(N)CC. The van der Waals surface area contributed by atoms with Crippen molar-refractivity contribution in [1.82, 2.24) is 0 Å². The third-order valence-electron chi connectivity index (χ3n) is 2.78. The molecule has 4 heteroatoms. The highest BCUT2D eigenvalue weighted by Gasteiger charge is 2.09. The van der Waals surface area contributed by atoms with Crippen molar-refractivity contribution in [2.75, 3.05) is 20.5 Å². The Balaban J connectivity index is 2.79. The van der Waals surface area contributed by atoms with Gasteiger partial charge >= 0.3 is 0 Å². The van der Waals surface area contributed by atoms with E-state index in [1.165, 1.54) is 0 Å². The summed E-state index contributed by atoms with van der Waals surface area (Å²) in [4.78, 5) is 0. The Morgan fingerprint density at radius 3 is 2.67 bits per heavy atom. The smallest absolute Gasteiger partial charge is 0.189 e. The molecule has 0 bridgehead atoms. The zero-order chi connectivity index (χ0) is 13.4. The Bertz CT molecular complexity index is 355. The second kappa shape index (κ2) is 7.95. The van der Waals surface area contributed by atoms with Crippen molar-refractivity contribution < 1.29 is 14.2 Å². The maximum Gasteiger partial charge on any atom is 0.189 e. The van der Waals surface area contributed by atoms with Gasteiger partial charge in [0.05, 0.1) is 7.11 Å². The molecule has 0 aliphatic carbocycles. The number of methoxy groups -OCH3 is 1. The third-order valence-corrected chi connectivity index (χ3v) is 2.78. The average Bonchev–Trinajstić information content (AvgIpc) is 2.40. The predicted octanol–water partition coefficient (Wildman–Crippen LogP) is 2.35. The Kier molecular flexibility index (Phi) is 6.54. The Hall–Kier alpha value is -1.26. The molecule has 102 valence electrons. The normalized spacial score (nSPS) is 12.2. The minimum absolute atomic E-state index is 0.131. The van der Waals surface area contributed by atoms with Gasteiger partial charge in [-0.2, -0.15) is 0 Å². The molecule has 1 aromatic carbocycles. The van der Waals surface area contributed by atoms with Gasteiger partial charge in [0, 0.05) is 12.6 Å².